The highest BCUT2D eigenvalue weighted by Gasteiger charge is 2.60. The molecule has 0 spiro atoms. The third kappa shape index (κ3) is 3.60. The monoisotopic (exact) mass is 505 g/mol. The number of halogens is 1. The van der Waals surface area contributed by atoms with E-state index in [1.807, 2.05) is 48.5 Å². The molecule has 0 amide bonds. The third-order valence-corrected chi connectivity index (χ3v) is 6.92. The van der Waals surface area contributed by atoms with Crippen LogP contribution in [-0.4, -0.2) is 41.1 Å². The molecule has 0 aliphatic carbocycles. The summed E-state index contributed by atoms with van der Waals surface area (Å²) in [5.74, 6) is -0.263. The van der Waals surface area contributed by atoms with Gasteiger partial charge in [-0.25, -0.2) is 0 Å². The number of carbonyl (C=O) groups is 1. The van der Waals surface area contributed by atoms with E-state index >= 15 is 0 Å². The van der Waals surface area contributed by atoms with Crippen molar-refractivity contribution in [2.75, 3.05) is 7.11 Å². The third-order valence-electron chi connectivity index (χ3n) is 6.39. The van der Waals surface area contributed by atoms with E-state index in [2.05, 4.69) is 21.0 Å². The average molecular weight is 506 g/mol. The van der Waals surface area contributed by atoms with Gasteiger partial charge in [0.1, 0.15) is 17.8 Å². The Kier molecular flexibility index (Phi) is 5.46. The van der Waals surface area contributed by atoms with Gasteiger partial charge >= 0.3 is 0 Å². The average Bonchev–Trinajstić information content (AvgIpc) is 3.20. The molecule has 2 heterocycles. The summed E-state index contributed by atoms with van der Waals surface area (Å²) in [4.78, 5) is 26.1. The van der Waals surface area contributed by atoms with Gasteiger partial charge < -0.3 is 4.74 Å². The van der Waals surface area contributed by atoms with Crippen LogP contribution in [0.4, 0.5) is 0 Å². The number of carbonyl (C=O) groups excluding carboxylic acids is 1. The number of hydrogen-bond donors (Lipinski definition) is 0. The lowest BCUT2D eigenvalue weighted by molar-refractivity contribution is -0.529. The van der Waals surface area contributed by atoms with E-state index in [0.29, 0.717) is 11.3 Å². The van der Waals surface area contributed by atoms with Crippen LogP contribution in [0.2, 0.25) is 0 Å². The van der Waals surface area contributed by atoms with E-state index in [4.69, 9.17) is 4.74 Å². The Morgan fingerprint density at radius 1 is 1.06 bits per heavy atom. The Bertz CT molecular complexity index is 1240. The first-order valence-corrected chi connectivity index (χ1v) is 11.3. The minimum atomic E-state index is -1.04. The molecule has 4 atom stereocenters. The van der Waals surface area contributed by atoms with Gasteiger partial charge in [0.25, 0.3) is 0 Å². The van der Waals surface area contributed by atoms with Crippen LogP contribution in [0.5, 0.6) is 5.75 Å². The maximum Gasteiger partial charge on any atom is 0.248 e. The molecule has 1 fully saturated rings. The fraction of sp³-hybridized carbons (Fsp3) is 0.200. The molecule has 0 saturated carbocycles. The van der Waals surface area contributed by atoms with Crippen molar-refractivity contribution in [1.29, 1.82) is 0 Å². The number of ether oxygens (including phenoxy) is 1. The van der Waals surface area contributed by atoms with Crippen LogP contribution in [0.3, 0.4) is 0 Å². The van der Waals surface area contributed by atoms with E-state index < -0.39 is 24.0 Å². The van der Waals surface area contributed by atoms with Gasteiger partial charge in [0, 0.05) is 20.5 Å². The van der Waals surface area contributed by atoms with Crippen LogP contribution in [-0.2, 0) is 0 Å². The molecule has 1 saturated heterocycles. The van der Waals surface area contributed by atoms with Crippen LogP contribution < -0.4 is 4.74 Å². The van der Waals surface area contributed by atoms with Crippen molar-refractivity contribution in [2.24, 2.45) is 5.10 Å². The first-order chi connectivity index (χ1) is 16.0. The lowest BCUT2D eigenvalue weighted by Crippen LogP contribution is -2.38. The molecule has 2 aliphatic rings. The minimum absolute atomic E-state index is 0.212. The number of hydrogen-bond acceptors (Lipinski definition) is 6. The van der Waals surface area contributed by atoms with E-state index in [1.54, 1.807) is 42.6 Å². The molecule has 0 unspecified atom stereocenters. The molecule has 0 N–H and O–H groups in total. The Balaban J connectivity index is 1.67. The second-order valence-electron chi connectivity index (χ2n) is 8.09. The van der Waals surface area contributed by atoms with Gasteiger partial charge in [-0.2, -0.15) is 5.10 Å². The number of nitrogens with zero attached hydrogens (tertiary/aromatic N) is 3. The second kappa shape index (κ2) is 8.44. The highest BCUT2D eigenvalue weighted by molar-refractivity contribution is 9.10. The number of Topliss-reactive ketones (excluding diaryl/α,β-unsaturated/α-hetero) is 1. The number of hydrazone groups is 1. The number of benzene rings is 3. The van der Waals surface area contributed by atoms with Gasteiger partial charge in [-0.05, 0) is 47.5 Å². The van der Waals surface area contributed by atoms with Gasteiger partial charge in [-0.1, -0.05) is 52.3 Å². The minimum Gasteiger partial charge on any atom is -0.497 e. The van der Waals surface area contributed by atoms with Crippen molar-refractivity contribution in [3.63, 3.8) is 0 Å². The molecule has 33 heavy (non-hydrogen) atoms. The van der Waals surface area contributed by atoms with Gasteiger partial charge in [0.2, 0.25) is 6.04 Å². The molecule has 5 rings (SSSR count). The fourth-order valence-electron chi connectivity index (χ4n) is 4.89. The van der Waals surface area contributed by atoms with Gasteiger partial charge in [0.15, 0.2) is 5.78 Å². The van der Waals surface area contributed by atoms with Crippen molar-refractivity contribution in [3.8, 4) is 5.75 Å². The van der Waals surface area contributed by atoms with E-state index in [9.17, 15) is 14.9 Å². The molecule has 0 radical (unpaired) electrons. The summed E-state index contributed by atoms with van der Waals surface area (Å²) in [5.41, 5.74) is 2.83. The lowest BCUT2D eigenvalue weighted by Gasteiger charge is -2.30. The molecule has 3 aromatic rings. The van der Waals surface area contributed by atoms with Crippen molar-refractivity contribution >= 4 is 27.9 Å². The van der Waals surface area contributed by atoms with Gasteiger partial charge in [-0.3, -0.25) is 19.9 Å². The molecule has 7 nitrogen and oxygen atoms in total. The van der Waals surface area contributed by atoms with Crippen molar-refractivity contribution < 1.29 is 14.5 Å². The number of ketones is 1. The van der Waals surface area contributed by atoms with Crippen LogP contribution >= 0.6 is 15.9 Å². The topological polar surface area (TPSA) is 85.0 Å². The van der Waals surface area contributed by atoms with Crippen molar-refractivity contribution in [3.05, 3.63) is 110 Å². The summed E-state index contributed by atoms with van der Waals surface area (Å²) in [6, 6.07) is 19.2. The second-order valence-corrected chi connectivity index (χ2v) is 9.00. The first-order valence-electron chi connectivity index (χ1n) is 10.5. The number of methoxy groups -OCH3 is 1. The van der Waals surface area contributed by atoms with E-state index in [-0.39, 0.29) is 10.7 Å². The lowest BCUT2D eigenvalue weighted by atomic mass is 9.82. The molecule has 166 valence electrons. The fourth-order valence-corrected chi connectivity index (χ4v) is 5.16. The van der Waals surface area contributed by atoms with Crippen LogP contribution in [0.25, 0.3) is 0 Å². The molecule has 3 aromatic carbocycles. The SMILES string of the molecule is COc1ccc(C(=O)[C@H]2[C@@H](c3ccc(Br)cc3)[C@H]([N+](=O)[O-])[C@H]3c4ccccc4C=NN32)cc1. The summed E-state index contributed by atoms with van der Waals surface area (Å²) >= 11 is 3.43. The largest absolute Gasteiger partial charge is 0.497 e. The number of nitro groups is 1. The van der Waals surface area contributed by atoms with Crippen molar-refractivity contribution in [2.45, 2.75) is 24.0 Å². The van der Waals surface area contributed by atoms with Crippen LogP contribution in [0.1, 0.15) is 39.0 Å². The Morgan fingerprint density at radius 2 is 1.76 bits per heavy atom. The molecule has 0 aromatic heterocycles. The first kappa shape index (κ1) is 21.3. The predicted molar refractivity (Wildman–Crippen MR) is 127 cm³/mol. The van der Waals surface area contributed by atoms with Crippen LogP contribution in [0.15, 0.2) is 82.4 Å². The van der Waals surface area contributed by atoms with Crippen LogP contribution in [0, 0.1) is 10.1 Å². The normalized spacial score (nSPS) is 23.0. The Hall–Kier alpha value is -3.52. The summed E-state index contributed by atoms with van der Waals surface area (Å²) in [6.07, 6.45) is 1.68. The van der Waals surface area contributed by atoms with Gasteiger partial charge in [-0.15, -0.1) is 0 Å². The summed E-state index contributed by atoms with van der Waals surface area (Å²) in [6.45, 7) is 0. The Labute approximate surface area is 199 Å². The summed E-state index contributed by atoms with van der Waals surface area (Å²) < 4.78 is 6.07. The summed E-state index contributed by atoms with van der Waals surface area (Å²) in [7, 11) is 1.56. The zero-order chi connectivity index (χ0) is 23.1. The molecular weight excluding hydrogens is 486 g/mol. The van der Waals surface area contributed by atoms with E-state index in [1.165, 1.54) is 0 Å². The quantitative estimate of drug-likeness (QED) is 0.281. The number of rotatable bonds is 5. The predicted octanol–water partition coefficient (Wildman–Crippen LogP) is 4.84. The van der Waals surface area contributed by atoms with Crippen molar-refractivity contribution in [1.82, 2.24) is 5.01 Å². The standard InChI is InChI=1S/C25H20BrN3O4/c1-33-19-12-8-16(9-13-19)25(30)24-21(15-6-10-18(26)11-7-15)23(29(31)32)22-20-5-3-2-4-17(20)14-27-28(22)24/h2-14,21-24H,1H3/t21-,22+,23-,24+/m0/s1. The molecule has 0 bridgehead atoms. The number of fused-ring (bicyclic) bond motifs is 3. The molecule has 2 aliphatic heterocycles. The highest BCUT2D eigenvalue weighted by Crippen LogP contribution is 2.49. The van der Waals surface area contributed by atoms with Gasteiger partial charge in [0.05, 0.1) is 19.2 Å². The maximum atomic E-state index is 13.8. The smallest absolute Gasteiger partial charge is 0.248 e. The molecule has 8 heteroatoms. The molecular formula is C25H20BrN3O4. The Morgan fingerprint density at radius 3 is 2.42 bits per heavy atom. The highest BCUT2D eigenvalue weighted by atomic mass is 79.9. The zero-order valence-electron chi connectivity index (χ0n) is 17.7. The maximum absolute atomic E-state index is 13.8. The van der Waals surface area contributed by atoms with E-state index in [0.717, 1.165) is 21.2 Å². The summed E-state index contributed by atoms with van der Waals surface area (Å²) in [5, 5.41) is 18.7. The zero-order valence-corrected chi connectivity index (χ0v) is 19.3.